The average molecular weight is 506 g/mol. The van der Waals surface area contributed by atoms with Crippen molar-refractivity contribution in [2.45, 2.75) is 57.0 Å². The second-order valence-electron chi connectivity index (χ2n) is 10.3. The van der Waals surface area contributed by atoms with Crippen molar-refractivity contribution in [3.05, 3.63) is 114 Å². The summed E-state index contributed by atoms with van der Waals surface area (Å²) in [4.78, 5) is 16.3. The van der Waals surface area contributed by atoms with Gasteiger partial charge >= 0.3 is 5.97 Å². The third-order valence-electron chi connectivity index (χ3n) is 7.66. The van der Waals surface area contributed by atoms with E-state index in [9.17, 15) is 9.90 Å². The molecule has 0 bridgehead atoms. The molecule has 1 aromatic heterocycles. The number of aliphatic hydroxyl groups is 1. The smallest absolute Gasteiger partial charge is 0.306 e. The summed E-state index contributed by atoms with van der Waals surface area (Å²) >= 11 is 0. The van der Waals surface area contributed by atoms with Crippen LogP contribution >= 0.6 is 0 Å². The summed E-state index contributed by atoms with van der Waals surface area (Å²) in [5.41, 5.74) is 7.69. The number of hydrogen-bond donors (Lipinski definition) is 1. The first-order valence-electron chi connectivity index (χ1n) is 13.6. The van der Waals surface area contributed by atoms with Crippen LogP contribution in [0.2, 0.25) is 0 Å². The number of aryl methyl sites for hydroxylation is 1. The van der Waals surface area contributed by atoms with Crippen LogP contribution in [-0.2, 0) is 21.4 Å². The van der Waals surface area contributed by atoms with Gasteiger partial charge in [-0.05, 0) is 78.5 Å². The van der Waals surface area contributed by atoms with E-state index in [4.69, 9.17) is 4.74 Å². The highest BCUT2D eigenvalue weighted by Gasteiger charge is 2.46. The van der Waals surface area contributed by atoms with Crippen molar-refractivity contribution in [1.29, 1.82) is 0 Å². The fourth-order valence-corrected chi connectivity index (χ4v) is 5.30. The van der Waals surface area contributed by atoms with Crippen molar-refractivity contribution in [3.63, 3.8) is 0 Å². The van der Waals surface area contributed by atoms with Gasteiger partial charge in [0.05, 0.1) is 19.1 Å². The summed E-state index contributed by atoms with van der Waals surface area (Å²) in [6.45, 7) is 2.28. The summed E-state index contributed by atoms with van der Waals surface area (Å²) < 4.78 is 5.18. The molecule has 194 valence electrons. The number of carbonyl (C=O) groups excluding carboxylic acids is 1. The molecule has 4 nitrogen and oxygen atoms in total. The van der Waals surface area contributed by atoms with E-state index in [0.717, 1.165) is 53.5 Å². The predicted octanol–water partition coefficient (Wildman–Crippen LogP) is 7.46. The first kappa shape index (κ1) is 25.9. The lowest BCUT2D eigenvalue weighted by Gasteiger charge is -2.16. The lowest BCUT2D eigenvalue weighted by atomic mass is 9.90. The maximum atomic E-state index is 12.0. The summed E-state index contributed by atoms with van der Waals surface area (Å²) in [6, 6.07) is 29.5. The fourth-order valence-electron chi connectivity index (χ4n) is 5.30. The van der Waals surface area contributed by atoms with Crippen LogP contribution in [0.3, 0.4) is 0 Å². The molecule has 4 heteroatoms. The molecule has 1 saturated carbocycles. The number of aliphatic hydroxyl groups excluding tert-OH is 1. The Bertz CT molecular complexity index is 1340. The summed E-state index contributed by atoms with van der Waals surface area (Å²) in [7, 11) is 0. The van der Waals surface area contributed by atoms with Gasteiger partial charge < -0.3 is 9.84 Å². The molecule has 5 rings (SSSR count). The molecule has 38 heavy (non-hydrogen) atoms. The highest BCUT2D eigenvalue weighted by molar-refractivity contribution is 5.74. The number of aromatic nitrogens is 1. The molecule has 0 aliphatic heterocycles. The van der Waals surface area contributed by atoms with E-state index >= 15 is 0 Å². The Labute approximate surface area is 225 Å². The van der Waals surface area contributed by atoms with Crippen molar-refractivity contribution in [2.75, 3.05) is 6.61 Å². The SMILES string of the molecule is CCOC(=O)CC1(c2ccc(-c3ccc(-c4ccncc4C(O)CCCc4ccccc4)cc3)cc2)CC1. The van der Waals surface area contributed by atoms with Gasteiger partial charge in [-0.3, -0.25) is 9.78 Å². The average Bonchev–Trinajstić information content (AvgIpc) is 3.74. The first-order chi connectivity index (χ1) is 18.6. The molecular formula is C34H35NO3. The monoisotopic (exact) mass is 505 g/mol. The van der Waals surface area contributed by atoms with E-state index in [1.54, 1.807) is 12.4 Å². The van der Waals surface area contributed by atoms with E-state index in [0.29, 0.717) is 19.4 Å². The molecular weight excluding hydrogens is 470 g/mol. The van der Waals surface area contributed by atoms with Gasteiger partial charge in [0.2, 0.25) is 0 Å². The Morgan fingerprint density at radius 2 is 1.58 bits per heavy atom. The van der Waals surface area contributed by atoms with E-state index < -0.39 is 6.10 Å². The zero-order chi connectivity index (χ0) is 26.4. The van der Waals surface area contributed by atoms with Crippen LogP contribution in [0.5, 0.6) is 0 Å². The number of nitrogens with zero attached hydrogens (tertiary/aromatic N) is 1. The molecule has 3 aromatic carbocycles. The number of carbonyl (C=O) groups is 1. The molecule has 1 N–H and O–H groups in total. The minimum Gasteiger partial charge on any atom is -0.466 e. The maximum absolute atomic E-state index is 12.0. The van der Waals surface area contributed by atoms with Gasteiger partial charge in [0, 0.05) is 23.4 Å². The Morgan fingerprint density at radius 3 is 2.24 bits per heavy atom. The number of benzene rings is 3. The lowest BCUT2D eigenvalue weighted by molar-refractivity contribution is -0.143. The largest absolute Gasteiger partial charge is 0.466 e. The number of ether oxygens (including phenoxy) is 1. The van der Waals surface area contributed by atoms with Crippen LogP contribution in [0.1, 0.15) is 61.8 Å². The molecule has 0 spiro atoms. The lowest BCUT2D eigenvalue weighted by Crippen LogP contribution is -2.15. The van der Waals surface area contributed by atoms with E-state index in [2.05, 4.69) is 77.8 Å². The second kappa shape index (κ2) is 11.7. The van der Waals surface area contributed by atoms with Crippen molar-refractivity contribution >= 4 is 5.97 Å². The molecule has 4 aromatic rings. The number of esters is 1. The van der Waals surface area contributed by atoms with E-state index in [-0.39, 0.29) is 11.4 Å². The highest BCUT2D eigenvalue weighted by Crippen LogP contribution is 2.51. The van der Waals surface area contributed by atoms with Crippen molar-refractivity contribution < 1.29 is 14.6 Å². The summed E-state index contributed by atoms with van der Waals surface area (Å²) in [6.07, 6.45) is 8.10. The second-order valence-corrected chi connectivity index (χ2v) is 10.3. The number of rotatable bonds is 11. The normalized spacial score (nSPS) is 14.6. The topological polar surface area (TPSA) is 59.4 Å². The van der Waals surface area contributed by atoms with Gasteiger partial charge in [-0.15, -0.1) is 0 Å². The Kier molecular flexibility index (Phi) is 8.00. The standard InChI is InChI=1S/C34H35NO3/c1-2-38-33(37)23-34(20-21-34)29-17-15-27(16-18-29)26-11-13-28(14-12-26)30-19-22-35-24-31(30)32(36)10-6-9-25-7-4-3-5-8-25/h3-5,7-8,11-19,22,24,32,36H,2,6,9-10,20-21,23H2,1H3. The summed E-state index contributed by atoms with van der Waals surface area (Å²) in [5.74, 6) is -0.110. The Morgan fingerprint density at radius 1 is 0.921 bits per heavy atom. The molecule has 1 atom stereocenters. The molecule has 0 radical (unpaired) electrons. The van der Waals surface area contributed by atoms with Gasteiger partial charge in [0.1, 0.15) is 0 Å². The van der Waals surface area contributed by atoms with Crippen LogP contribution in [0.25, 0.3) is 22.3 Å². The number of pyridine rings is 1. The quantitative estimate of drug-likeness (QED) is 0.215. The first-order valence-corrected chi connectivity index (χ1v) is 13.6. The highest BCUT2D eigenvalue weighted by atomic mass is 16.5. The Balaban J connectivity index is 1.26. The van der Waals surface area contributed by atoms with Crippen LogP contribution in [0.15, 0.2) is 97.3 Å². The molecule has 0 saturated heterocycles. The third-order valence-corrected chi connectivity index (χ3v) is 7.66. The predicted molar refractivity (Wildman–Crippen MR) is 152 cm³/mol. The minimum absolute atomic E-state index is 0.0473. The number of hydrogen-bond acceptors (Lipinski definition) is 4. The van der Waals surface area contributed by atoms with Gasteiger partial charge in [-0.25, -0.2) is 0 Å². The van der Waals surface area contributed by atoms with Crippen LogP contribution in [0, 0.1) is 0 Å². The van der Waals surface area contributed by atoms with Crippen LogP contribution in [-0.4, -0.2) is 22.7 Å². The van der Waals surface area contributed by atoms with Crippen molar-refractivity contribution in [2.24, 2.45) is 0 Å². The van der Waals surface area contributed by atoms with Crippen LogP contribution < -0.4 is 0 Å². The van der Waals surface area contributed by atoms with Gasteiger partial charge in [-0.1, -0.05) is 78.9 Å². The van der Waals surface area contributed by atoms with Gasteiger partial charge in [-0.2, -0.15) is 0 Å². The Hall–Kier alpha value is -3.76. The zero-order valence-electron chi connectivity index (χ0n) is 22.0. The molecule has 1 unspecified atom stereocenters. The molecule has 0 amide bonds. The minimum atomic E-state index is -0.556. The van der Waals surface area contributed by atoms with Gasteiger partial charge in [0.15, 0.2) is 0 Å². The molecule has 1 heterocycles. The zero-order valence-corrected chi connectivity index (χ0v) is 22.0. The van der Waals surface area contributed by atoms with E-state index in [1.165, 1.54) is 11.1 Å². The fraction of sp³-hybridized carbons (Fsp3) is 0.294. The van der Waals surface area contributed by atoms with Crippen molar-refractivity contribution in [3.8, 4) is 22.3 Å². The van der Waals surface area contributed by atoms with E-state index in [1.807, 2.05) is 19.1 Å². The third kappa shape index (κ3) is 6.03. The summed E-state index contributed by atoms with van der Waals surface area (Å²) in [5, 5.41) is 11.0. The molecule has 1 fully saturated rings. The van der Waals surface area contributed by atoms with Crippen molar-refractivity contribution in [1.82, 2.24) is 4.98 Å². The van der Waals surface area contributed by atoms with Gasteiger partial charge in [0.25, 0.3) is 0 Å². The molecule has 1 aliphatic carbocycles. The molecule has 1 aliphatic rings. The van der Waals surface area contributed by atoms with Crippen LogP contribution in [0.4, 0.5) is 0 Å². The maximum Gasteiger partial charge on any atom is 0.306 e.